The molecule has 1 atom stereocenters. The Balaban J connectivity index is 2.54. The van der Waals surface area contributed by atoms with E-state index in [0.29, 0.717) is 6.04 Å². The molecular formula is C13H21NO. The fraction of sp³-hybridized carbons (Fsp3) is 0.538. The maximum atomic E-state index is 5.08. The van der Waals surface area contributed by atoms with E-state index in [-0.39, 0.29) is 0 Å². The molecule has 15 heavy (non-hydrogen) atoms. The van der Waals surface area contributed by atoms with Gasteiger partial charge in [-0.3, -0.25) is 0 Å². The minimum atomic E-state index is 0.398. The Morgan fingerprint density at radius 2 is 2.07 bits per heavy atom. The van der Waals surface area contributed by atoms with Gasteiger partial charge in [0, 0.05) is 19.7 Å². The van der Waals surface area contributed by atoms with Gasteiger partial charge in [-0.1, -0.05) is 18.2 Å². The average molecular weight is 207 g/mol. The van der Waals surface area contributed by atoms with Gasteiger partial charge in [-0.15, -0.1) is 0 Å². The smallest absolute Gasteiger partial charge is 0.0613 e. The first-order chi connectivity index (χ1) is 7.15. The molecule has 1 rings (SSSR count). The Morgan fingerprint density at radius 3 is 2.73 bits per heavy atom. The summed E-state index contributed by atoms with van der Waals surface area (Å²) in [6.07, 6.45) is 0. The second-order valence-corrected chi connectivity index (χ2v) is 4.10. The first kappa shape index (κ1) is 12.2. The van der Waals surface area contributed by atoms with E-state index >= 15 is 0 Å². The van der Waals surface area contributed by atoms with E-state index in [1.54, 1.807) is 7.11 Å². The minimum Gasteiger partial charge on any atom is -0.383 e. The molecule has 1 N–H and O–H groups in total. The lowest BCUT2D eigenvalue weighted by Gasteiger charge is -2.14. The van der Waals surface area contributed by atoms with Crippen molar-refractivity contribution in [1.82, 2.24) is 5.32 Å². The van der Waals surface area contributed by atoms with E-state index in [9.17, 15) is 0 Å². The summed E-state index contributed by atoms with van der Waals surface area (Å²) >= 11 is 0. The zero-order chi connectivity index (χ0) is 11.3. The molecule has 1 aromatic rings. The Hall–Kier alpha value is -0.860. The van der Waals surface area contributed by atoms with Crippen molar-refractivity contribution in [2.24, 2.45) is 0 Å². The lowest BCUT2D eigenvalue weighted by molar-refractivity contribution is 0.171. The highest BCUT2D eigenvalue weighted by Crippen LogP contribution is 2.12. The van der Waals surface area contributed by atoms with Crippen molar-refractivity contribution >= 4 is 0 Å². The number of hydrogen-bond acceptors (Lipinski definition) is 2. The number of aryl methyl sites for hydroxylation is 1. The summed E-state index contributed by atoms with van der Waals surface area (Å²) in [5.74, 6) is 0. The fourth-order valence-electron chi connectivity index (χ4n) is 1.60. The molecule has 0 aliphatic carbocycles. The maximum Gasteiger partial charge on any atom is 0.0613 e. The van der Waals surface area contributed by atoms with Gasteiger partial charge in [0.05, 0.1) is 6.61 Å². The SMILES string of the molecule is COC[C@@H](C)NCc1cccc(C)c1C. The Morgan fingerprint density at radius 1 is 1.33 bits per heavy atom. The first-order valence-electron chi connectivity index (χ1n) is 5.42. The van der Waals surface area contributed by atoms with Crippen molar-refractivity contribution < 1.29 is 4.74 Å². The molecule has 0 heterocycles. The molecule has 0 saturated carbocycles. The summed E-state index contributed by atoms with van der Waals surface area (Å²) in [5.41, 5.74) is 4.11. The molecule has 84 valence electrons. The molecule has 1 aromatic carbocycles. The van der Waals surface area contributed by atoms with Crippen LogP contribution in [0.5, 0.6) is 0 Å². The Bertz CT molecular complexity index is 309. The normalized spacial score (nSPS) is 12.8. The summed E-state index contributed by atoms with van der Waals surface area (Å²) in [6.45, 7) is 8.13. The van der Waals surface area contributed by atoms with Gasteiger partial charge in [-0.2, -0.15) is 0 Å². The molecule has 0 radical (unpaired) electrons. The van der Waals surface area contributed by atoms with Gasteiger partial charge in [0.2, 0.25) is 0 Å². The van der Waals surface area contributed by atoms with Crippen LogP contribution < -0.4 is 5.32 Å². The van der Waals surface area contributed by atoms with E-state index in [2.05, 4.69) is 44.3 Å². The van der Waals surface area contributed by atoms with Crippen LogP contribution in [0.25, 0.3) is 0 Å². The highest BCUT2D eigenvalue weighted by molar-refractivity contribution is 5.32. The predicted molar refractivity (Wildman–Crippen MR) is 64.1 cm³/mol. The zero-order valence-corrected chi connectivity index (χ0v) is 10.1. The molecule has 0 aliphatic heterocycles. The summed E-state index contributed by atoms with van der Waals surface area (Å²) in [6, 6.07) is 6.84. The van der Waals surface area contributed by atoms with Crippen molar-refractivity contribution in [1.29, 1.82) is 0 Å². The molecule has 0 amide bonds. The Kier molecular flexibility index (Phi) is 4.79. The third kappa shape index (κ3) is 3.65. The van der Waals surface area contributed by atoms with Gasteiger partial charge < -0.3 is 10.1 Å². The molecule has 2 nitrogen and oxygen atoms in total. The number of hydrogen-bond donors (Lipinski definition) is 1. The topological polar surface area (TPSA) is 21.3 Å². The van der Waals surface area contributed by atoms with Crippen LogP contribution in [0.1, 0.15) is 23.6 Å². The van der Waals surface area contributed by atoms with Crippen LogP contribution in [-0.2, 0) is 11.3 Å². The number of rotatable bonds is 5. The average Bonchev–Trinajstić information content (AvgIpc) is 2.21. The van der Waals surface area contributed by atoms with Crippen LogP contribution in [0.15, 0.2) is 18.2 Å². The van der Waals surface area contributed by atoms with Crippen LogP contribution in [0.4, 0.5) is 0 Å². The van der Waals surface area contributed by atoms with Crippen LogP contribution in [0.2, 0.25) is 0 Å². The van der Waals surface area contributed by atoms with Crippen molar-refractivity contribution in [2.45, 2.75) is 33.4 Å². The molecule has 0 saturated heterocycles. The summed E-state index contributed by atoms with van der Waals surface area (Å²) in [7, 11) is 1.73. The summed E-state index contributed by atoms with van der Waals surface area (Å²) in [4.78, 5) is 0. The molecule has 0 aliphatic rings. The molecule has 0 bridgehead atoms. The maximum absolute atomic E-state index is 5.08. The third-order valence-corrected chi connectivity index (χ3v) is 2.77. The van der Waals surface area contributed by atoms with Gasteiger partial charge in [0.25, 0.3) is 0 Å². The van der Waals surface area contributed by atoms with E-state index in [0.717, 1.165) is 13.2 Å². The second-order valence-electron chi connectivity index (χ2n) is 4.10. The van der Waals surface area contributed by atoms with Crippen molar-refractivity contribution in [3.63, 3.8) is 0 Å². The van der Waals surface area contributed by atoms with Crippen LogP contribution in [0, 0.1) is 13.8 Å². The van der Waals surface area contributed by atoms with E-state index in [1.165, 1.54) is 16.7 Å². The highest BCUT2D eigenvalue weighted by atomic mass is 16.5. The predicted octanol–water partition coefficient (Wildman–Crippen LogP) is 2.43. The van der Waals surface area contributed by atoms with Gasteiger partial charge in [-0.25, -0.2) is 0 Å². The largest absolute Gasteiger partial charge is 0.383 e. The van der Waals surface area contributed by atoms with Gasteiger partial charge in [-0.05, 0) is 37.5 Å². The summed E-state index contributed by atoms with van der Waals surface area (Å²) in [5, 5.41) is 3.44. The monoisotopic (exact) mass is 207 g/mol. The minimum absolute atomic E-state index is 0.398. The number of methoxy groups -OCH3 is 1. The quantitative estimate of drug-likeness (QED) is 0.800. The van der Waals surface area contributed by atoms with Crippen LogP contribution in [0.3, 0.4) is 0 Å². The van der Waals surface area contributed by atoms with Crippen molar-refractivity contribution in [3.8, 4) is 0 Å². The lowest BCUT2D eigenvalue weighted by atomic mass is 10.0. The second kappa shape index (κ2) is 5.89. The molecule has 0 spiro atoms. The molecular weight excluding hydrogens is 186 g/mol. The van der Waals surface area contributed by atoms with Gasteiger partial charge in [0.1, 0.15) is 0 Å². The number of ether oxygens (including phenoxy) is 1. The van der Waals surface area contributed by atoms with Gasteiger partial charge in [0.15, 0.2) is 0 Å². The van der Waals surface area contributed by atoms with Crippen molar-refractivity contribution in [2.75, 3.05) is 13.7 Å². The van der Waals surface area contributed by atoms with Gasteiger partial charge >= 0.3 is 0 Å². The van der Waals surface area contributed by atoms with Crippen molar-refractivity contribution in [3.05, 3.63) is 34.9 Å². The molecule has 0 fully saturated rings. The van der Waals surface area contributed by atoms with Crippen LogP contribution >= 0.6 is 0 Å². The molecule has 0 unspecified atom stereocenters. The Labute approximate surface area is 92.6 Å². The molecule has 2 heteroatoms. The van der Waals surface area contributed by atoms with E-state index in [4.69, 9.17) is 4.74 Å². The summed E-state index contributed by atoms with van der Waals surface area (Å²) < 4.78 is 5.08. The molecule has 0 aromatic heterocycles. The number of nitrogens with one attached hydrogen (secondary N) is 1. The van der Waals surface area contributed by atoms with Crippen LogP contribution in [-0.4, -0.2) is 19.8 Å². The first-order valence-corrected chi connectivity index (χ1v) is 5.42. The zero-order valence-electron chi connectivity index (χ0n) is 10.1. The highest BCUT2D eigenvalue weighted by Gasteiger charge is 2.03. The standard InChI is InChI=1S/C13H21NO/c1-10-6-5-7-13(12(10)3)8-14-11(2)9-15-4/h5-7,11,14H,8-9H2,1-4H3/t11-/m1/s1. The van der Waals surface area contributed by atoms with E-state index in [1.807, 2.05) is 0 Å². The number of benzene rings is 1. The third-order valence-electron chi connectivity index (χ3n) is 2.77. The lowest BCUT2D eigenvalue weighted by Crippen LogP contribution is -2.29. The van der Waals surface area contributed by atoms with E-state index < -0.39 is 0 Å². The fourth-order valence-corrected chi connectivity index (χ4v) is 1.60.